The molecule has 0 spiro atoms. The highest BCUT2D eigenvalue weighted by Crippen LogP contribution is 2.07. The Balaban J connectivity index is 2.64. The lowest BCUT2D eigenvalue weighted by Gasteiger charge is -2.01. The number of carbonyl (C=O) groups excluding carboxylic acids is 1. The summed E-state index contributed by atoms with van der Waals surface area (Å²) < 4.78 is 12.4. The number of amides is 1. The van der Waals surface area contributed by atoms with Gasteiger partial charge < -0.3 is 5.32 Å². The first-order valence-corrected chi connectivity index (χ1v) is 3.78. The minimum absolute atomic E-state index is 0.0680. The molecular weight excluding hydrogens is 157 g/mol. The molecule has 0 bridgehead atoms. The molecule has 0 heterocycles. The van der Waals surface area contributed by atoms with Crippen molar-refractivity contribution >= 4 is 11.6 Å². The molecule has 0 fully saturated rings. The van der Waals surface area contributed by atoms with Crippen molar-refractivity contribution in [3.63, 3.8) is 0 Å². The van der Waals surface area contributed by atoms with Gasteiger partial charge in [0.25, 0.3) is 0 Å². The first kappa shape index (κ1) is 8.71. The Hall–Kier alpha value is -1.38. The number of hydrogen-bond donors (Lipinski definition) is 1. The first-order valence-electron chi connectivity index (χ1n) is 3.78. The van der Waals surface area contributed by atoms with Gasteiger partial charge >= 0.3 is 0 Å². The van der Waals surface area contributed by atoms with E-state index in [1.54, 1.807) is 6.92 Å². The monoisotopic (exact) mass is 167 g/mol. The molecule has 0 aliphatic carbocycles. The quantitative estimate of drug-likeness (QED) is 0.718. The second kappa shape index (κ2) is 3.85. The summed E-state index contributed by atoms with van der Waals surface area (Å²) in [5.74, 6) is -0.369. The van der Waals surface area contributed by atoms with E-state index in [0.717, 1.165) is 0 Å². The number of benzene rings is 1. The third kappa shape index (κ3) is 2.34. The fourth-order valence-electron chi connectivity index (χ4n) is 0.783. The maximum atomic E-state index is 12.4. The Kier molecular flexibility index (Phi) is 2.80. The van der Waals surface area contributed by atoms with E-state index < -0.39 is 0 Å². The second-order valence-corrected chi connectivity index (χ2v) is 2.41. The van der Waals surface area contributed by atoms with Gasteiger partial charge in [-0.25, -0.2) is 4.39 Å². The normalized spacial score (nSPS) is 9.50. The lowest BCUT2D eigenvalue weighted by molar-refractivity contribution is -0.115. The lowest BCUT2D eigenvalue weighted by Crippen LogP contribution is -2.09. The van der Waals surface area contributed by atoms with Gasteiger partial charge in [-0.2, -0.15) is 0 Å². The van der Waals surface area contributed by atoms with Crippen LogP contribution >= 0.6 is 0 Å². The van der Waals surface area contributed by atoms with Crippen LogP contribution in [0.5, 0.6) is 0 Å². The van der Waals surface area contributed by atoms with Crippen LogP contribution in [-0.4, -0.2) is 5.91 Å². The SMILES string of the molecule is CCC(=O)Nc1ccc(F)cc1. The minimum Gasteiger partial charge on any atom is -0.326 e. The minimum atomic E-state index is -0.301. The highest BCUT2D eigenvalue weighted by atomic mass is 19.1. The summed E-state index contributed by atoms with van der Waals surface area (Å²) in [7, 11) is 0. The number of nitrogens with one attached hydrogen (secondary N) is 1. The molecule has 0 aliphatic heterocycles. The maximum Gasteiger partial charge on any atom is 0.224 e. The lowest BCUT2D eigenvalue weighted by atomic mass is 10.3. The van der Waals surface area contributed by atoms with Crippen molar-refractivity contribution in [2.45, 2.75) is 13.3 Å². The molecule has 1 aromatic carbocycles. The Morgan fingerprint density at radius 3 is 2.50 bits per heavy atom. The average molecular weight is 167 g/mol. The molecule has 0 atom stereocenters. The van der Waals surface area contributed by atoms with Crippen LogP contribution in [0.1, 0.15) is 13.3 Å². The van der Waals surface area contributed by atoms with Crippen molar-refractivity contribution in [2.75, 3.05) is 5.32 Å². The highest BCUT2D eigenvalue weighted by Gasteiger charge is 1.97. The van der Waals surface area contributed by atoms with E-state index in [4.69, 9.17) is 0 Å². The van der Waals surface area contributed by atoms with Gasteiger partial charge in [-0.05, 0) is 24.3 Å². The van der Waals surface area contributed by atoms with Crippen LogP contribution in [-0.2, 0) is 4.79 Å². The third-order valence-corrected chi connectivity index (χ3v) is 1.45. The molecule has 0 saturated heterocycles. The van der Waals surface area contributed by atoms with Gasteiger partial charge in [0.15, 0.2) is 0 Å². The molecule has 0 radical (unpaired) electrons. The van der Waals surface area contributed by atoms with Gasteiger partial charge in [0, 0.05) is 12.1 Å². The molecule has 0 unspecified atom stereocenters. The zero-order valence-electron chi connectivity index (χ0n) is 6.80. The van der Waals surface area contributed by atoms with Crippen LogP contribution in [0.25, 0.3) is 0 Å². The van der Waals surface area contributed by atoms with Crippen LogP contribution in [0.3, 0.4) is 0 Å². The summed E-state index contributed by atoms with van der Waals surface area (Å²) in [5.41, 5.74) is 0.628. The fourth-order valence-corrected chi connectivity index (χ4v) is 0.783. The van der Waals surface area contributed by atoms with Gasteiger partial charge in [0.05, 0.1) is 0 Å². The summed E-state index contributed by atoms with van der Waals surface area (Å²) in [6, 6.07) is 5.68. The molecule has 0 aliphatic rings. The van der Waals surface area contributed by atoms with Crippen LogP contribution in [0.15, 0.2) is 24.3 Å². The largest absolute Gasteiger partial charge is 0.326 e. The molecule has 0 aromatic heterocycles. The Morgan fingerprint density at radius 2 is 2.00 bits per heavy atom. The second-order valence-electron chi connectivity index (χ2n) is 2.41. The van der Waals surface area contributed by atoms with Crippen molar-refractivity contribution in [3.05, 3.63) is 30.1 Å². The predicted molar refractivity (Wildman–Crippen MR) is 45.3 cm³/mol. The third-order valence-electron chi connectivity index (χ3n) is 1.45. The predicted octanol–water partition coefficient (Wildman–Crippen LogP) is 2.17. The van der Waals surface area contributed by atoms with Crippen LogP contribution in [0.2, 0.25) is 0 Å². The molecule has 1 amide bonds. The molecule has 0 saturated carbocycles. The van der Waals surface area contributed by atoms with E-state index in [-0.39, 0.29) is 11.7 Å². The molecule has 1 N–H and O–H groups in total. The zero-order chi connectivity index (χ0) is 8.97. The summed E-state index contributed by atoms with van der Waals surface area (Å²) in [4.78, 5) is 10.9. The summed E-state index contributed by atoms with van der Waals surface area (Å²) in [5, 5.41) is 2.61. The number of rotatable bonds is 2. The van der Waals surface area contributed by atoms with Crippen LogP contribution in [0, 0.1) is 5.82 Å². The van der Waals surface area contributed by atoms with Crippen molar-refractivity contribution in [2.24, 2.45) is 0 Å². The zero-order valence-corrected chi connectivity index (χ0v) is 6.80. The number of halogens is 1. The van der Waals surface area contributed by atoms with Gasteiger partial charge in [-0.15, -0.1) is 0 Å². The van der Waals surface area contributed by atoms with Crippen molar-refractivity contribution in [1.82, 2.24) is 0 Å². The topological polar surface area (TPSA) is 29.1 Å². The van der Waals surface area contributed by atoms with Crippen molar-refractivity contribution < 1.29 is 9.18 Å². The van der Waals surface area contributed by atoms with Crippen LogP contribution < -0.4 is 5.32 Å². The first-order chi connectivity index (χ1) is 5.72. The van der Waals surface area contributed by atoms with Crippen LogP contribution in [0.4, 0.5) is 10.1 Å². The van der Waals surface area contributed by atoms with Gasteiger partial charge in [-0.1, -0.05) is 6.92 Å². The standard InChI is InChI=1S/C9H10FNO/c1-2-9(12)11-8-5-3-7(10)4-6-8/h3-6H,2H2,1H3,(H,11,12). The number of hydrogen-bond acceptors (Lipinski definition) is 1. The Morgan fingerprint density at radius 1 is 1.42 bits per heavy atom. The summed E-state index contributed by atoms with van der Waals surface area (Å²) >= 11 is 0. The smallest absolute Gasteiger partial charge is 0.224 e. The highest BCUT2D eigenvalue weighted by molar-refractivity contribution is 5.90. The molecule has 1 aromatic rings. The van der Waals surface area contributed by atoms with E-state index >= 15 is 0 Å². The average Bonchev–Trinajstić information content (AvgIpc) is 2.09. The van der Waals surface area contributed by atoms with E-state index in [9.17, 15) is 9.18 Å². The van der Waals surface area contributed by atoms with E-state index in [1.807, 2.05) is 0 Å². The molecular formula is C9H10FNO. The Labute approximate surface area is 70.4 Å². The van der Waals surface area contributed by atoms with E-state index in [1.165, 1.54) is 24.3 Å². The van der Waals surface area contributed by atoms with Crippen molar-refractivity contribution in [1.29, 1.82) is 0 Å². The van der Waals surface area contributed by atoms with Crippen molar-refractivity contribution in [3.8, 4) is 0 Å². The molecule has 12 heavy (non-hydrogen) atoms. The molecule has 3 heteroatoms. The maximum absolute atomic E-state index is 12.4. The summed E-state index contributed by atoms with van der Waals surface area (Å²) in [6.45, 7) is 1.76. The number of carbonyl (C=O) groups is 1. The van der Waals surface area contributed by atoms with E-state index in [0.29, 0.717) is 12.1 Å². The van der Waals surface area contributed by atoms with Gasteiger partial charge in [0.1, 0.15) is 5.82 Å². The van der Waals surface area contributed by atoms with Gasteiger partial charge in [-0.3, -0.25) is 4.79 Å². The molecule has 1 rings (SSSR count). The molecule has 64 valence electrons. The van der Waals surface area contributed by atoms with E-state index in [2.05, 4.69) is 5.32 Å². The Bertz CT molecular complexity index is 268. The fraction of sp³-hybridized carbons (Fsp3) is 0.222. The van der Waals surface area contributed by atoms with Gasteiger partial charge in [0.2, 0.25) is 5.91 Å². The number of anilines is 1. The summed E-state index contributed by atoms with van der Waals surface area (Å²) in [6.07, 6.45) is 0.428. The molecule has 2 nitrogen and oxygen atoms in total.